The first kappa shape index (κ1) is 12.0. The zero-order valence-corrected chi connectivity index (χ0v) is 10.6. The number of aliphatic carboxylic acids is 1. The quantitative estimate of drug-likeness (QED) is 0.872. The number of hydrogen-bond acceptors (Lipinski definition) is 2. The fraction of sp³-hybridized carbons (Fsp3) is 0.500. The third kappa shape index (κ3) is 2.14. The Labute approximate surface area is 102 Å². The number of aryl methyl sites for hydroxylation is 1. The lowest BCUT2D eigenvalue weighted by atomic mass is 9.94. The lowest BCUT2D eigenvalue weighted by Gasteiger charge is -2.24. The van der Waals surface area contributed by atoms with Crippen molar-refractivity contribution in [3.63, 3.8) is 0 Å². The van der Waals surface area contributed by atoms with Crippen LogP contribution in [0.1, 0.15) is 37.3 Å². The maximum atomic E-state index is 10.9. The molecule has 1 aromatic rings. The molecule has 1 heterocycles. The van der Waals surface area contributed by atoms with Crippen LogP contribution in [0.3, 0.4) is 0 Å². The molecule has 1 aliphatic rings. The minimum atomic E-state index is -0.713. The van der Waals surface area contributed by atoms with Crippen LogP contribution in [-0.2, 0) is 4.79 Å². The molecule has 1 unspecified atom stereocenters. The second kappa shape index (κ2) is 4.40. The molecule has 0 spiro atoms. The monoisotopic (exact) mass is 233 g/mol. The van der Waals surface area contributed by atoms with Gasteiger partial charge in [-0.3, -0.25) is 4.79 Å². The Morgan fingerprint density at radius 1 is 1.53 bits per heavy atom. The van der Waals surface area contributed by atoms with Gasteiger partial charge in [0.15, 0.2) is 0 Å². The van der Waals surface area contributed by atoms with E-state index >= 15 is 0 Å². The van der Waals surface area contributed by atoms with Crippen LogP contribution in [-0.4, -0.2) is 23.7 Å². The molecule has 0 fully saturated rings. The molecule has 1 aromatic carbocycles. The molecule has 0 saturated carbocycles. The van der Waals surface area contributed by atoms with Crippen LogP contribution in [0, 0.1) is 6.92 Å². The zero-order chi connectivity index (χ0) is 12.6. The summed E-state index contributed by atoms with van der Waals surface area (Å²) >= 11 is 0. The van der Waals surface area contributed by atoms with Gasteiger partial charge in [0, 0.05) is 24.2 Å². The van der Waals surface area contributed by atoms with E-state index in [0.717, 1.165) is 6.54 Å². The van der Waals surface area contributed by atoms with E-state index < -0.39 is 5.97 Å². The summed E-state index contributed by atoms with van der Waals surface area (Å²) in [5, 5.41) is 9.00. The van der Waals surface area contributed by atoms with E-state index in [1.807, 2.05) is 6.07 Å². The second-order valence-corrected chi connectivity index (χ2v) is 5.05. The molecule has 1 atom stereocenters. The van der Waals surface area contributed by atoms with E-state index in [-0.39, 0.29) is 12.3 Å². The van der Waals surface area contributed by atoms with Crippen molar-refractivity contribution in [3.05, 3.63) is 29.3 Å². The molecular formula is C14H19NO2. The summed E-state index contributed by atoms with van der Waals surface area (Å²) in [4.78, 5) is 13.2. The number of carbonyl (C=O) groups is 1. The van der Waals surface area contributed by atoms with Gasteiger partial charge >= 0.3 is 5.97 Å². The highest BCUT2D eigenvalue weighted by Gasteiger charge is 2.32. The minimum absolute atomic E-state index is 0.131. The van der Waals surface area contributed by atoms with Crippen molar-refractivity contribution in [3.8, 4) is 0 Å². The van der Waals surface area contributed by atoms with Gasteiger partial charge in [-0.25, -0.2) is 0 Å². The lowest BCUT2D eigenvalue weighted by molar-refractivity contribution is -0.137. The van der Waals surface area contributed by atoms with Crippen molar-refractivity contribution in [2.45, 2.75) is 39.2 Å². The molecule has 0 saturated heterocycles. The maximum Gasteiger partial charge on any atom is 0.304 e. The second-order valence-electron chi connectivity index (χ2n) is 5.05. The molecule has 0 radical (unpaired) electrons. The molecule has 17 heavy (non-hydrogen) atoms. The third-order valence-corrected chi connectivity index (χ3v) is 3.48. The van der Waals surface area contributed by atoms with Gasteiger partial charge in [0.25, 0.3) is 0 Å². The number of hydrogen-bond donors (Lipinski definition) is 1. The van der Waals surface area contributed by atoms with E-state index in [9.17, 15) is 4.79 Å². The predicted octanol–water partition coefficient (Wildman–Crippen LogP) is 2.78. The molecule has 0 amide bonds. The molecule has 92 valence electrons. The van der Waals surface area contributed by atoms with Crippen molar-refractivity contribution in [2.75, 3.05) is 11.4 Å². The van der Waals surface area contributed by atoms with Crippen LogP contribution in [0.4, 0.5) is 5.69 Å². The van der Waals surface area contributed by atoms with E-state index in [0.29, 0.717) is 6.04 Å². The number of fused-ring (bicyclic) bond motifs is 1. The van der Waals surface area contributed by atoms with Crippen molar-refractivity contribution in [1.29, 1.82) is 0 Å². The number of carboxylic acids is 1. The maximum absolute atomic E-state index is 10.9. The first-order valence-electron chi connectivity index (χ1n) is 6.08. The predicted molar refractivity (Wildman–Crippen MR) is 68.7 cm³/mol. The Kier molecular flexibility index (Phi) is 3.09. The minimum Gasteiger partial charge on any atom is -0.481 e. The Morgan fingerprint density at radius 3 is 2.82 bits per heavy atom. The van der Waals surface area contributed by atoms with Gasteiger partial charge in [0.05, 0.1) is 6.42 Å². The molecule has 3 heteroatoms. The molecule has 0 bridgehead atoms. The van der Waals surface area contributed by atoms with Crippen molar-refractivity contribution >= 4 is 11.7 Å². The molecular weight excluding hydrogens is 214 g/mol. The van der Waals surface area contributed by atoms with E-state index in [1.165, 1.54) is 16.8 Å². The van der Waals surface area contributed by atoms with Gasteiger partial charge in [-0.1, -0.05) is 12.1 Å². The fourth-order valence-electron chi connectivity index (χ4n) is 2.74. The van der Waals surface area contributed by atoms with Crippen LogP contribution in [0.25, 0.3) is 0 Å². The summed E-state index contributed by atoms with van der Waals surface area (Å²) in [6.07, 6.45) is 0.223. The summed E-state index contributed by atoms with van der Waals surface area (Å²) in [5.41, 5.74) is 3.65. The van der Waals surface area contributed by atoms with E-state index in [4.69, 9.17) is 5.11 Å². The molecule has 3 nitrogen and oxygen atoms in total. The topological polar surface area (TPSA) is 40.5 Å². The summed E-state index contributed by atoms with van der Waals surface area (Å²) in [6, 6.07) is 6.63. The SMILES string of the molecule is Cc1cccc2c1C(CC(=O)O)CN2C(C)C. The third-order valence-electron chi connectivity index (χ3n) is 3.48. The normalized spacial score (nSPS) is 18.6. The van der Waals surface area contributed by atoms with Gasteiger partial charge in [-0.15, -0.1) is 0 Å². The molecule has 0 aliphatic carbocycles. The van der Waals surface area contributed by atoms with Crippen molar-refractivity contribution < 1.29 is 9.90 Å². The number of benzene rings is 1. The first-order chi connectivity index (χ1) is 8.00. The van der Waals surface area contributed by atoms with Gasteiger partial charge in [0.1, 0.15) is 0 Å². The van der Waals surface area contributed by atoms with Crippen LogP contribution in [0.5, 0.6) is 0 Å². The highest BCUT2D eigenvalue weighted by molar-refractivity contribution is 5.72. The van der Waals surface area contributed by atoms with Gasteiger partial charge in [-0.2, -0.15) is 0 Å². The Balaban J connectivity index is 2.41. The molecule has 2 rings (SSSR count). The molecule has 1 aliphatic heterocycles. The summed E-state index contributed by atoms with van der Waals surface area (Å²) in [6.45, 7) is 7.19. The van der Waals surface area contributed by atoms with Crippen LogP contribution >= 0.6 is 0 Å². The molecule has 1 N–H and O–H groups in total. The Hall–Kier alpha value is -1.51. The first-order valence-corrected chi connectivity index (χ1v) is 6.08. The zero-order valence-electron chi connectivity index (χ0n) is 10.6. The summed E-state index contributed by atoms with van der Waals surface area (Å²) < 4.78 is 0. The number of carboxylic acid groups (broad SMARTS) is 1. The highest BCUT2D eigenvalue weighted by atomic mass is 16.4. The average molecular weight is 233 g/mol. The summed E-state index contributed by atoms with van der Waals surface area (Å²) in [5.74, 6) is -0.582. The Bertz CT molecular complexity index is 440. The standard InChI is InChI=1S/C14H19NO2/c1-9(2)15-8-11(7-13(16)17)14-10(3)5-4-6-12(14)15/h4-6,9,11H,7-8H2,1-3H3,(H,16,17). The van der Waals surface area contributed by atoms with Gasteiger partial charge in [0.2, 0.25) is 0 Å². The van der Waals surface area contributed by atoms with Crippen molar-refractivity contribution in [1.82, 2.24) is 0 Å². The largest absolute Gasteiger partial charge is 0.481 e. The van der Waals surface area contributed by atoms with E-state index in [1.54, 1.807) is 0 Å². The molecule has 0 aromatic heterocycles. The van der Waals surface area contributed by atoms with Gasteiger partial charge in [-0.05, 0) is 38.0 Å². The highest BCUT2D eigenvalue weighted by Crippen LogP contribution is 2.40. The average Bonchev–Trinajstić information content (AvgIpc) is 2.57. The van der Waals surface area contributed by atoms with Crippen LogP contribution < -0.4 is 4.90 Å². The number of anilines is 1. The lowest BCUT2D eigenvalue weighted by Crippen LogP contribution is -2.29. The van der Waals surface area contributed by atoms with Crippen LogP contribution in [0.15, 0.2) is 18.2 Å². The van der Waals surface area contributed by atoms with E-state index in [2.05, 4.69) is 37.8 Å². The summed E-state index contributed by atoms with van der Waals surface area (Å²) in [7, 11) is 0. The smallest absolute Gasteiger partial charge is 0.304 e. The van der Waals surface area contributed by atoms with Crippen molar-refractivity contribution in [2.24, 2.45) is 0 Å². The van der Waals surface area contributed by atoms with Crippen LogP contribution in [0.2, 0.25) is 0 Å². The fourth-order valence-corrected chi connectivity index (χ4v) is 2.74. The Morgan fingerprint density at radius 2 is 2.24 bits per heavy atom. The number of rotatable bonds is 3. The van der Waals surface area contributed by atoms with Gasteiger partial charge < -0.3 is 10.0 Å². The number of nitrogens with zero attached hydrogens (tertiary/aromatic N) is 1.